The van der Waals surface area contributed by atoms with Crippen LogP contribution in [0.5, 0.6) is 0 Å². The van der Waals surface area contributed by atoms with Crippen LogP contribution in [-0.4, -0.2) is 50.4 Å². The van der Waals surface area contributed by atoms with E-state index >= 15 is 0 Å². The first-order valence-corrected chi connectivity index (χ1v) is 10.3. The minimum absolute atomic E-state index is 0.0508. The topological polar surface area (TPSA) is 70.4 Å². The highest BCUT2D eigenvalue weighted by Gasteiger charge is 2.41. The smallest absolute Gasteiger partial charge is 0.391 e. The Morgan fingerprint density at radius 3 is 2.39 bits per heavy atom. The number of hydrogen-bond acceptors (Lipinski definition) is 4. The Labute approximate surface area is 176 Å². The van der Waals surface area contributed by atoms with Crippen LogP contribution in [0.25, 0.3) is 0 Å². The molecule has 5 nitrogen and oxygen atoms in total. The van der Waals surface area contributed by atoms with Crippen molar-refractivity contribution in [2.75, 3.05) is 35.6 Å². The van der Waals surface area contributed by atoms with Crippen molar-refractivity contribution < 1.29 is 31.1 Å². The maximum Gasteiger partial charge on any atom is 0.391 e. The number of benzene rings is 1. The molecule has 11 heteroatoms. The van der Waals surface area contributed by atoms with Crippen molar-refractivity contribution >= 4 is 23.0 Å². The Bertz CT molecular complexity index is 780. The summed E-state index contributed by atoms with van der Waals surface area (Å²) in [5, 5.41) is 5.28. The lowest BCUT2D eigenvalue weighted by Gasteiger charge is -2.31. The summed E-state index contributed by atoms with van der Waals surface area (Å²) in [6.07, 6.45) is -7.38. The van der Waals surface area contributed by atoms with Crippen molar-refractivity contribution in [3.05, 3.63) is 17.7 Å². The van der Waals surface area contributed by atoms with Gasteiger partial charge in [0.1, 0.15) is 6.17 Å². The third kappa shape index (κ3) is 5.88. The van der Waals surface area contributed by atoms with E-state index in [4.69, 9.17) is 5.73 Å². The van der Waals surface area contributed by atoms with Gasteiger partial charge in [-0.25, -0.2) is 13.2 Å². The molecule has 0 aromatic heterocycles. The minimum atomic E-state index is -4.24. The molecule has 4 N–H and O–H groups in total. The van der Waals surface area contributed by atoms with Crippen LogP contribution in [0, 0.1) is 5.92 Å². The summed E-state index contributed by atoms with van der Waals surface area (Å²) in [6, 6.07) is 2.38. The van der Waals surface area contributed by atoms with Gasteiger partial charge in [-0.15, -0.1) is 0 Å². The zero-order chi connectivity index (χ0) is 22.8. The molecule has 1 aliphatic carbocycles. The van der Waals surface area contributed by atoms with Gasteiger partial charge in [-0.1, -0.05) is 0 Å². The highest BCUT2D eigenvalue weighted by molar-refractivity contribution is 6.02. The molecule has 0 spiro atoms. The molecular formula is C20H26F6N4O. The third-order valence-electron chi connectivity index (χ3n) is 5.86. The SMILES string of the molecule is Nc1cc(C(=O)N[C@H]2CC[C@H](C(F)(F)F)CC2)c(N2CC[C@@H](F)C2)cc1NCC(F)F. The average molecular weight is 452 g/mol. The van der Waals surface area contributed by atoms with E-state index < -0.39 is 43.2 Å². The van der Waals surface area contributed by atoms with Crippen LogP contribution < -0.4 is 21.3 Å². The highest BCUT2D eigenvalue weighted by atomic mass is 19.4. The molecule has 1 aliphatic heterocycles. The lowest BCUT2D eigenvalue weighted by molar-refractivity contribution is -0.182. The summed E-state index contributed by atoms with van der Waals surface area (Å²) in [4.78, 5) is 14.6. The number of anilines is 3. The Balaban J connectivity index is 1.77. The number of carbonyl (C=O) groups is 1. The summed E-state index contributed by atoms with van der Waals surface area (Å²) < 4.78 is 77.5. The Morgan fingerprint density at radius 2 is 1.84 bits per heavy atom. The number of amides is 1. The molecule has 1 atom stereocenters. The van der Waals surface area contributed by atoms with Crippen molar-refractivity contribution in [3.63, 3.8) is 0 Å². The number of nitrogens with zero attached hydrogens (tertiary/aromatic N) is 1. The fourth-order valence-electron chi connectivity index (χ4n) is 4.15. The molecule has 1 saturated carbocycles. The zero-order valence-corrected chi connectivity index (χ0v) is 16.8. The van der Waals surface area contributed by atoms with Gasteiger partial charge >= 0.3 is 6.18 Å². The van der Waals surface area contributed by atoms with Gasteiger partial charge in [0.15, 0.2) is 0 Å². The number of halogens is 6. The number of alkyl halides is 6. The van der Waals surface area contributed by atoms with Gasteiger partial charge in [0.05, 0.1) is 35.1 Å². The van der Waals surface area contributed by atoms with E-state index in [1.165, 1.54) is 12.1 Å². The molecular weight excluding hydrogens is 426 g/mol. The van der Waals surface area contributed by atoms with Gasteiger partial charge < -0.3 is 21.3 Å². The van der Waals surface area contributed by atoms with Crippen LogP contribution in [0.4, 0.5) is 43.4 Å². The Morgan fingerprint density at radius 1 is 1.16 bits per heavy atom. The molecule has 3 rings (SSSR count). The van der Waals surface area contributed by atoms with E-state index in [2.05, 4.69) is 10.6 Å². The second-order valence-electron chi connectivity index (χ2n) is 8.12. The summed E-state index contributed by atoms with van der Waals surface area (Å²) in [6.45, 7) is -0.241. The largest absolute Gasteiger partial charge is 0.397 e. The van der Waals surface area contributed by atoms with E-state index in [0.717, 1.165) is 0 Å². The van der Waals surface area contributed by atoms with E-state index in [1.807, 2.05) is 0 Å². The van der Waals surface area contributed by atoms with E-state index in [9.17, 15) is 31.1 Å². The lowest BCUT2D eigenvalue weighted by Crippen LogP contribution is -2.40. The van der Waals surface area contributed by atoms with Gasteiger partial charge in [0.2, 0.25) is 0 Å². The summed E-state index contributed by atoms with van der Waals surface area (Å²) in [7, 11) is 0. The van der Waals surface area contributed by atoms with Crippen molar-refractivity contribution in [2.24, 2.45) is 5.92 Å². The molecule has 0 radical (unpaired) electrons. The van der Waals surface area contributed by atoms with Gasteiger partial charge in [0, 0.05) is 19.1 Å². The van der Waals surface area contributed by atoms with E-state index in [0.29, 0.717) is 12.2 Å². The van der Waals surface area contributed by atoms with E-state index in [-0.39, 0.29) is 55.6 Å². The van der Waals surface area contributed by atoms with Gasteiger partial charge in [-0.05, 0) is 44.2 Å². The first kappa shape index (κ1) is 23.3. The summed E-state index contributed by atoms with van der Waals surface area (Å²) in [5.41, 5.74) is 6.72. The third-order valence-corrected chi connectivity index (χ3v) is 5.86. The predicted molar refractivity (Wildman–Crippen MR) is 106 cm³/mol. The normalized spacial score (nSPS) is 24.5. The van der Waals surface area contributed by atoms with Crippen LogP contribution in [0.15, 0.2) is 12.1 Å². The van der Waals surface area contributed by atoms with Crippen molar-refractivity contribution in [1.29, 1.82) is 0 Å². The number of carbonyl (C=O) groups excluding carboxylic acids is 1. The highest BCUT2D eigenvalue weighted by Crippen LogP contribution is 2.38. The fourth-order valence-corrected chi connectivity index (χ4v) is 4.15. The maximum atomic E-state index is 13.8. The summed E-state index contributed by atoms with van der Waals surface area (Å²) in [5.74, 6) is -1.89. The molecule has 2 aliphatic rings. The molecule has 1 heterocycles. The van der Waals surface area contributed by atoms with E-state index in [1.54, 1.807) is 4.90 Å². The van der Waals surface area contributed by atoms with Gasteiger partial charge in [-0.3, -0.25) is 4.79 Å². The second kappa shape index (κ2) is 9.44. The molecule has 1 amide bonds. The number of hydrogen-bond donors (Lipinski definition) is 3. The van der Waals surface area contributed by atoms with Crippen LogP contribution >= 0.6 is 0 Å². The van der Waals surface area contributed by atoms with Crippen LogP contribution in [-0.2, 0) is 0 Å². The number of rotatable bonds is 6. The predicted octanol–water partition coefficient (Wildman–Crippen LogP) is 4.34. The molecule has 1 saturated heterocycles. The molecule has 2 fully saturated rings. The van der Waals surface area contributed by atoms with Gasteiger partial charge in [0.25, 0.3) is 12.3 Å². The summed E-state index contributed by atoms with van der Waals surface area (Å²) >= 11 is 0. The molecule has 0 unspecified atom stereocenters. The van der Waals surface area contributed by atoms with Crippen molar-refractivity contribution in [1.82, 2.24) is 5.32 Å². The van der Waals surface area contributed by atoms with Crippen molar-refractivity contribution in [2.45, 2.75) is 56.9 Å². The van der Waals surface area contributed by atoms with Gasteiger partial charge in [-0.2, -0.15) is 13.2 Å². The van der Waals surface area contributed by atoms with Crippen LogP contribution in [0.2, 0.25) is 0 Å². The number of nitrogen functional groups attached to an aromatic ring is 1. The Kier molecular flexibility index (Phi) is 7.10. The first-order chi connectivity index (χ1) is 14.5. The lowest BCUT2D eigenvalue weighted by atomic mass is 9.85. The maximum absolute atomic E-state index is 13.8. The number of nitrogens with two attached hydrogens (primary N) is 1. The van der Waals surface area contributed by atoms with Crippen LogP contribution in [0.1, 0.15) is 42.5 Å². The molecule has 31 heavy (non-hydrogen) atoms. The quantitative estimate of drug-likeness (QED) is 0.444. The monoisotopic (exact) mass is 452 g/mol. The molecule has 0 bridgehead atoms. The number of nitrogens with one attached hydrogen (secondary N) is 2. The van der Waals surface area contributed by atoms with Crippen molar-refractivity contribution in [3.8, 4) is 0 Å². The fraction of sp³-hybridized carbons (Fsp3) is 0.650. The average Bonchev–Trinajstić information content (AvgIpc) is 3.12. The molecule has 1 aromatic rings. The zero-order valence-electron chi connectivity index (χ0n) is 16.8. The standard InChI is InChI=1S/C20H26F6N4O/c21-12-5-6-30(10-12)17-8-16(28-9-18(22)23)15(27)7-14(17)19(31)29-13-3-1-11(2-4-13)20(24,25)26/h7-8,11-13,18,28H,1-6,9-10,27H2,(H,29,31)/t11-,12-,13-/m1/s1. The molecule has 174 valence electrons. The molecule has 1 aromatic carbocycles. The Hall–Kier alpha value is -2.33. The van der Waals surface area contributed by atoms with Crippen LogP contribution in [0.3, 0.4) is 0 Å². The second-order valence-corrected chi connectivity index (χ2v) is 8.12. The first-order valence-electron chi connectivity index (χ1n) is 10.3. The minimum Gasteiger partial charge on any atom is -0.397 e.